The summed E-state index contributed by atoms with van der Waals surface area (Å²) in [7, 11) is 0. The second kappa shape index (κ2) is 5.65. The molecule has 104 valence electrons. The first-order valence-corrected chi connectivity index (χ1v) is 6.49. The lowest BCUT2D eigenvalue weighted by molar-refractivity contribution is -0.115. The third kappa shape index (κ3) is 3.50. The van der Waals surface area contributed by atoms with Gasteiger partial charge in [-0.15, -0.1) is 0 Å². The predicted octanol–water partition coefficient (Wildman–Crippen LogP) is 2.83. The Morgan fingerprint density at radius 2 is 1.84 bits per heavy atom. The van der Waals surface area contributed by atoms with Crippen molar-refractivity contribution in [3.63, 3.8) is 0 Å². The van der Waals surface area contributed by atoms with Crippen LogP contribution in [0.15, 0.2) is 18.2 Å². The molecule has 2 N–H and O–H groups in total. The van der Waals surface area contributed by atoms with E-state index in [9.17, 15) is 13.6 Å². The number of amides is 1. The van der Waals surface area contributed by atoms with Crippen LogP contribution in [0.3, 0.4) is 0 Å². The second-order valence-corrected chi connectivity index (χ2v) is 5.27. The SMILES string of the molecule is CC1(NCC(=O)Nc2c(F)cccc2F)CCCC1. The highest BCUT2D eigenvalue weighted by Crippen LogP contribution is 2.28. The Bertz CT molecular complexity index is 450. The van der Waals surface area contributed by atoms with Crippen molar-refractivity contribution in [3.05, 3.63) is 29.8 Å². The number of carbonyl (C=O) groups excluding carboxylic acids is 1. The van der Waals surface area contributed by atoms with Gasteiger partial charge in [-0.05, 0) is 31.9 Å². The van der Waals surface area contributed by atoms with Crippen molar-refractivity contribution >= 4 is 11.6 Å². The summed E-state index contributed by atoms with van der Waals surface area (Å²) in [5.41, 5.74) is -0.420. The van der Waals surface area contributed by atoms with Gasteiger partial charge in [0.25, 0.3) is 0 Å². The van der Waals surface area contributed by atoms with Gasteiger partial charge in [-0.2, -0.15) is 0 Å². The van der Waals surface area contributed by atoms with E-state index in [1.54, 1.807) is 0 Å². The molecule has 5 heteroatoms. The number of para-hydroxylation sites is 1. The molecule has 1 fully saturated rings. The molecule has 1 aromatic rings. The Labute approximate surface area is 111 Å². The van der Waals surface area contributed by atoms with Crippen LogP contribution in [0, 0.1) is 11.6 Å². The van der Waals surface area contributed by atoms with Gasteiger partial charge in [-0.25, -0.2) is 8.78 Å². The third-order valence-electron chi connectivity index (χ3n) is 3.61. The lowest BCUT2D eigenvalue weighted by Crippen LogP contribution is -2.43. The Hall–Kier alpha value is -1.49. The highest BCUT2D eigenvalue weighted by atomic mass is 19.1. The normalized spacial score (nSPS) is 17.4. The number of hydrogen-bond donors (Lipinski definition) is 2. The summed E-state index contributed by atoms with van der Waals surface area (Å²) in [6.07, 6.45) is 4.34. The van der Waals surface area contributed by atoms with E-state index in [2.05, 4.69) is 17.6 Å². The molecule has 0 unspecified atom stereocenters. The fourth-order valence-corrected chi connectivity index (χ4v) is 2.43. The molecule has 2 rings (SSSR count). The molecule has 19 heavy (non-hydrogen) atoms. The van der Waals surface area contributed by atoms with Gasteiger partial charge >= 0.3 is 0 Å². The van der Waals surface area contributed by atoms with E-state index in [-0.39, 0.29) is 17.8 Å². The molecule has 0 atom stereocenters. The zero-order valence-electron chi connectivity index (χ0n) is 10.9. The van der Waals surface area contributed by atoms with Crippen LogP contribution < -0.4 is 10.6 Å². The molecule has 1 aromatic carbocycles. The fourth-order valence-electron chi connectivity index (χ4n) is 2.43. The highest BCUT2D eigenvalue weighted by Gasteiger charge is 2.28. The lowest BCUT2D eigenvalue weighted by atomic mass is 10.0. The first-order chi connectivity index (χ1) is 9.00. The Balaban J connectivity index is 1.91. The molecule has 0 saturated heterocycles. The van der Waals surface area contributed by atoms with Gasteiger partial charge in [0.05, 0.1) is 6.54 Å². The molecule has 0 bridgehead atoms. The third-order valence-corrected chi connectivity index (χ3v) is 3.61. The van der Waals surface area contributed by atoms with Crippen LogP contribution in [0.4, 0.5) is 14.5 Å². The summed E-state index contributed by atoms with van der Waals surface area (Å²) in [4.78, 5) is 11.7. The van der Waals surface area contributed by atoms with Crippen LogP contribution in [0.1, 0.15) is 32.6 Å². The maximum Gasteiger partial charge on any atom is 0.238 e. The molecular weight excluding hydrogens is 250 g/mol. The number of anilines is 1. The monoisotopic (exact) mass is 268 g/mol. The highest BCUT2D eigenvalue weighted by molar-refractivity contribution is 5.92. The van der Waals surface area contributed by atoms with Crippen LogP contribution in [-0.2, 0) is 4.79 Å². The van der Waals surface area contributed by atoms with Crippen molar-refractivity contribution in [3.8, 4) is 0 Å². The molecule has 1 saturated carbocycles. The van der Waals surface area contributed by atoms with Crippen LogP contribution >= 0.6 is 0 Å². The molecule has 1 aliphatic rings. The quantitative estimate of drug-likeness (QED) is 0.881. The van der Waals surface area contributed by atoms with Crippen LogP contribution in [0.25, 0.3) is 0 Å². The maximum atomic E-state index is 13.4. The first-order valence-electron chi connectivity index (χ1n) is 6.49. The smallest absolute Gasteiger partial charge is 0.238 e. The Morgan fingerprint density at radius 1 is 1.26 bits per heavy atom. The van der Waals surface area contributed by atoms with Crippen LogP contribution in [-0.4, -0.2) is 18.0 Å². The molecular formula is C14H18F2N2O. The molecule has 3 nitrogen and oxygen atoms in total. The van der Waals surface area contributed by atoms with Crippen molar-refractivity contribution in [1.82, 2.24) is 5.32 Å². The molecule has 0 radical (unpaired) electrons. The minimum atomic E-state index is -0.763. The zero-order valence-corrected chi connectivity index (χ0v) is 10.9. The Morgan fingerprint density at radius 3 is 2.42 bits per heavy atom. The summed E-state index contributed by atoms with van der Waals surface area (Å²) < 4.78 is 26.7. The number of benzene rings is 1. The fraction of sp³-hybridized carbons (Fsp3) is 0.500. The number of nitrogens with one attached hydrogen (secondary N) is 2. The average molecular weight is 268 g/mol. The topological polar surface area (TPSA) is 41.1 Å². The second-order valence-electron chi connectivity index (χ2n) is 5.27. The van der Waals surface area contributed by atoms with Gasteiger partial charge in [0.15, 0.2) is 0 Å². The largest absolute Gasteiger partial charge is 0.320 e. The van der Waals surface area contributed by atoms with E-state index in [4.69, 9.17) is 0 Å². The standard InChI is InChI=1S/C14H18F2N2O/c1-14(7-2-3-8-14)17-9-12(19)18-13-10(15)5-4-6-11(13)16/h4-6,17H,2-3,7-9H2,1H3,(H,18,19). The summed E-state index contributed by atoms with van der Waals surface area (Å²) in [5.74, 6) is -1.96. The van der Waals surface area contributed by atoms with Gasteiger partial charge in [0.1, 0.15) is 17.3 Å². The van der Waals surface area contributed by atoms with E-state index < -0.39 is 17.5 Å². The van der Waals surface area contributed by atoms with E-state index in [1.807, 2.05) is 0 Å². The van der Waals surface area contributed by atoms with Crippen molar-refractivity contribution < 1.29 is 13.6 Å². The van der Waals surface area contributed by atoms with Crippen molar-refractivity contribution in [2.45, 2.75) is 38.1 Å². The van der Waals surface area contributed by atoms with Gasteiger partial charge in [-0.1, -0.05) is 18.9 Å². The number of halogens is 2. The van der Waals surface area contributed by atoms with Crippen LogP contribution in [0.2, 0.25) is 0 Å². The predicted molar refractivity (Wildman–Crippen MR) is 69.9 cm³/mol. The first kappa shape index (κ1) is 13.9. The lowest BCUT2D eigenvalue weighted by Gasteiger charge is -2.25. The average Bonchev–Trinajstić information content (AvgIpc) is 2.79. The zero-order chi connectivity index (χ0) is 13.9. The summed E-state index contributed by atoms with van der Waals surface area (Å²) in [6.45, 7) is 2.13. The van der Waals surface area contributed by atoms with Gasteiger partial charge in [-0.3, -0.25) is 4.79 Å². The van der Waals surface area contributed by atoms with Crippen molar-refractivity contribution in [2.75, 3.05) is 11.9 Å². The Kier molecular flexibility index (Phi) is 4.14. The van der Waals surface area contributed by atoms with E-state index in [1.165, 1.54) is 6.07 Å². The minimum Gasteiger partial charge on any atom is -0.320 e. The maximum absolute atomic E-state index is 13.4. The number of rotatable bonds is 4. The van der Waals surface area contributed by atoms with Gasteiger partial charge in [0, 0.05) is 5.54 Å². The molecule has 0 spiro atoms. The van der Waals surface area contributed by atoms with Gasteiger partial charge in [0.2, 0.25) is 5.91 Å². The van der Waals surface area contributed by atoms with Crippen molar-refractivity contribution in [1.29, 1.82) is 0 Å². The number of carbonyl (C=O) groups is 1. The van der Waals surface area contributed by atoms with Gasteiger partial charge < -0.3 is 10.6 Å². The summed E-state index contributed by atoms with van der Waals surface area (Å²) >= 11 is 0. The molecule has 0 heterocycles. The molecule has 0 aliphatic heterocycles. The summed E-state index contributed by atoms with van der Waals surface area (Å²) in [6, 6.07) is 3.49. The molecule has 1 aliphatic carbocycles. The number of hydrogen-bond acceptors (Lipinski definition) is 2. The van der Waals surface area contributed by atoms with E-state index in [0.717, 1.165) is 37.8 Å². The van der Waals surface area contributed by atoms with Crippen LogP contribution in [0.5, 0.6) is 0 Å². The van der Waals surface area contributed by atoms with Crippen molar-refractivity contribution in [2.24, 2.45) is 0 Å². The van der Waals surface area contributed by atoms with E-state index >= 15 is 0 Å². The minimum absolute atomic E-state index is 0.0366. The molecule has 1 amide bonds. The molecule has 0 aromatic heterocycles. The van der Waals surface area contributed by atoms with E-state index in [0.29, 0.717) is 0 Å². The summed E-state index contributed by atoms with van der Waals surface area (Å²) in [5, 5.41) is 5.43.